The van der Waals surface area contributed by atoms with E-state index in [1.165, 1.54) is 18.4 Å². The van der Waals surface area contributed by atoms with Crippen molar-refractivity contribution in [2.24, 2.45) is 5.73 Å². The maximum atomic E-state index is 6.05. The molecule has 1 saturated carbocycles. The Hall–Kier alpha value is -1.06. The van der Waals surface area contributed by atoms with E-state index < -0.39 is 0 Å². The summed E-state index contributed by atoms with van der Waals surface area (Å²) in [4.78, 5) is 2.61. The summed E-state index contributed by atoms with van der Waals surface area (Å²) in [6, 6.07) is 9.89. The normalized spacial score (nSPS) is 24.0. The van der Waals surface area contributed by atoms with Crippen molar-refractivity contribution in [3.63, 3.8) is 0 Å². The Kier molecular flexibility index (Phi) is 6.07. The highest BCUT2D eigenvalue weighted by Crippen LogP contribution is 2.33. The Morgan fingerprint density at radius 1 is 1.19 bits per heavy atom. The molecule has 21 heavy (non-hydrogen) atoms. The number of ether oxygens (including phenoxy) is 1. The molecule has 1 aromatic rings. The van der Waals surface area contributed by atoms with Crippen LogP contribution in [-0.4, -0.2) is 30.1 Å². The van der Waals surface area contributed by atoms with Gasteiger partial charge >= 0.3 is 0 Å². The van der Waals surface area contributed by atoms with Gasteiger partial charge in [-0.3, -0.25) is 4.90 Å². The summed E-state index contributed by atoms with van der Waals surface area (Å²) in [5.74, 6) is 1.03. The number of benzene rings is 1. The molecule has 1 aromatic carbocycles. The fourth-order valence-corrected chi connectivity index (χ4v) is 3.57. The molecule has 1 aliphatic carbocycles. The van der Waals surface area contributed by atoms with Crippen LogP contribution >= 0.6 is 0 Å². The summed E-state index contributed by atoms with van der Waals surface area (Å²) >= 11 is 0. The summed E-state index contributed by atoms with van der Waals surface area (Å²) in [6.07, 6.45) is 4.74. The third-order valence-corrected chi connectivity index (χ3v) is 4.74. The molecule has 0 heterocycles. The van der Waals surface area contributed by atoms with Crippen LogP contribution < -0.4 is 10.5 Å². The van der Waals surface area contributed by atoms with Crippen LogP contribution in [0.25, 0.3) is 0 Å². The monoisotopic (exact) mass is 290 g/mol. The molecule has 0 bridgehead atoms. The molecule has 1 fully saturated rings. The van der Waals surface area contributed by atoms with Crippen LogP contribution in [0.5, 0.6) is 5.75 Å². The largest absolute Gasteiger partial charge is 0.494 e. The van der Waals surface area contributed by atoms with Crippen LogP contribution in [0.1, 0.15) is 58.1 Å². The van der Waals surface area contributed by atoms with Gasteiger partial charge in [0.1, 0.15) is 5.75 Å². The Labute approximate surface area is 129 Å². The van der Waals surface area contributed by atoms with Gasteiger partial charge in [-0.05, 0) is 52.1 Å². The molecule has 3 heteroatoms. The van der Waals surface area contributed by atoms with Crippen molar-refractivity contribution in [3.8, 4) is 5.75 Å². The Morgan fingerprint density at radius 2 is 1.86 bits per heavy atom. The Bertz CT molecular complexity index is 427. The van der Waals surface area contributed by atoms with E-state index in [1.807, 2.05) is 6.92 Å². The zero-order valence-corrected chi connectivity index (χ0v) is 13.7. The number of rotatable bonds is 6. The highest BCUT2D eigenvalue weighted by atomic mass is 16.5. The number of nitrogens with two attached hydrogens (primary N) is 1. The average Bonchev–Trinajstić information content (AvgIpc) is 2.50. The summed E-state index contributed by atoms with van der Waals surface area (Å²) in [6.45, 7) is 8.39. The molecular weight excluding hydrogens is 260 g/mol. The summed E-state index contributed by atoms with van der Waals surface area (Å²) < 4.78 is 5.81. The van der Waals surface area contributed by atoms with E-state index >= 15 is 0 Å². The lowest BCUT2D eigenvalue weighted by atomic mass is 9.89. The van der Waals surface area contributed by atoms with Gasteiger partial charge in [0.25, 0.3) is 0 Å². The number of hydrogen-bond donors (Lipinski definition) is 1. The topological polar surface area (TPSA) is 38.5 Å². The highest BCUT2D eigenvalue weighted by Gasteiger charge is 2.28. The van der Waals surface area contributed by atoms with Gasteiger partial charge in [-0.2, -0.15) is 0 Å². The summed E-state index contributed by atoms with van der Waals surface area (Å²) in [5, 5.41) is 0. The van der Waals surface area contributed by atoms with Crippen LogP contribution in [0.3, 0.4) is 0 Å². The molecule has 0 aromatic heterocycles. The number of nitrogens with zero attached hydrogens (tertiary/aromatic N) is 1. The second-order valence-corrected chi connectivity index (χ2v) is 6.05. The molecule has 1 atom stereocenters. The Balaban J connectivity index is 2.14. The zero-order chi connectivity index (χ0) is 15.2. The predicted molar refractivity (Wildman–Crippen MR) is 88.6 cm³/mol. The van der Waals surface area contributed by atoms with Crippen molar-refractivity contribution in [3.05, 3.63) is 29.8 Å². The number of hydrogen-bond acceptors (Lipinski definition) is 3. The fourth-order valence-electron chi connectivity index (χ4n) is 3.57. The van der Waals surface area contributed by atoms with Gasteiger partial charge in [0, 0.05) is 23.7 Å². The summed E-state index contributed by atoms with van der Waals surface area (Å²) in [5.41, 5.74) is 7.35. The second kappa shape index (κ2) is 7.81. The third kappa shape index (κ3) is 3.98. The third-order valence-electron chi connectivity index (χ3n) is 4.74. The van der Waals surface area contributed by atoms with E-state index in [1.54, 1.807) is 0 Å². The Morgan fingerprint density at radius 3 is 2.48 bits per heavy atom. The minimum Gasteiger partial charge on any atom is -0.494 e. The maximum absolute atomic E-state index is 6.05. The van der Waals surface area contributed by atoms with E-state index in [0.29, 0.717) is 24.7 Å². The highest BCUT2D eigenvalue weighted by molar-refractivity contribution is 5.35. The lowest BCUT2D eigenvalue weighted by Crippen LogP contribution is -2.42. The molecular formula is C18H30N2O. The number of para-hydroxylation sites is 1. The molecule has 1 unspecified atom stereocenters. The minimum atomic E-state index is 0.386. The molecule has 118 valence electrons. The second-order valence-electron chi connectivity index (χ2n) is 6.05. The first kappa shape index (κ1) is 16.3. The standard InChI is InChI=1S/C18H30N2O/c1-4-20(16-12-10-15(19)11-13-16)14(3)17-8-6-7-9-18(17)21-5-2/h6-9,14-16H,4-5,10-13,19H2,1-3H3. The van der Waals surface area contributed by atoms with Gasteiger partial charge in [-0.25, -0.2) is 0 Å². The molecule has 0 aliphatic heterocycles. The molecule has 1 aliphatic rings. The molecule has 0 saturated heterocycles. The molecule has 2 N–H and O–H groups in total. The minimum absolute atomic E-state index is 0.386. The van der Waals surface area contributed by atoms with Crippen molar-refractivity contribution >= 4 is 0 Å². The first-order valence-corrected chi connectivity index (χ1v) is 8.40. The van der Waals surface area contributed by atoms with Crippen LogP contribution in [0.4, 0.5) is 0 Å². The SMILES string of the molecule is CCOc1ccccc1C(C)N(CC)C1CCC(N)CC1. The predicted octanol–water partition coefficient (Wildman–Crippen LogP) is 3.74. The maximum Gasteiger partial charge on any atom is 0.124 e. The van der Waals surface area contributed by atoms with Gasteiger partial charge in [0.2, 0.25) is 0 Å². The van der Waals surface area contributed by atoms with Crippen LogP contribution in [0.2, 0.25) is 0 Å². The van der Waals surface area contributed by atoms with Crippen molar-refractivity contribution in [1.29, 1.82) is 0 Å². The van der Waals surface area contributed by atoms with Gasteiger partial charge in [0.05, 0.1) is 6.61 Å². The molecule has 3 nitrogen and oxygen atoms in total. The van der Waals surface area contributed by atoms with Crippen molar-refractivity contribution < 1.29 is 4.74 Å². The van der Waals surface area contributed by atoms with E-state index in [-0.39, 0.29) is 0 Å². The lowest BCUT2D eigenvalue weighted by Gasteiger charge is -2.39. The molecule has 0 spiro atoms. The fraction of sp³-hybridized carbons (Fsp3) is 0.667. The van der Waals surface area contributed by atoms with E-state index in [4.69, 9.17) is 10.5 Å². The molecule has 2 rings (SSSR count). The van der Waals surface area contributed by atoms with E-state index in [2.05, 4.69) is 43.0 Å². The average molecular weight is 290 g/mol. The van der Waals surface area contributed by atoms with Gasteiger partial charge in [-0.15, -0.1) is 0 Å². The molecule has 0 radical (unpaired) electrons. The first-order chi connectivity index (χ1) is 10.2. The first-order valence-electron chi connectivity index (χ1n) is 8.40. The zero-order valence-electron chi connectivity index (χ0n) is 13.7. The summed E-state index contributed by atoms with van der Waals surface area (Å²) in [7, 11) is 0. The lowest BCUT2D eigenvalue weighted by molar-refractivity contribution is 0.112. The quantitative estimate of drug-likeness (QED) is 0.867. The van der Waals surface area contributed by atoms with Crippen LogP contribution in [0, 0.1) is 0 Å². The van der Waals surface area contributed by atoms with Gasteiger partial charge < -0.3 is 10.5 Å². The van der Waals surface area contributed by atoms with Crippen LogP contribution in [0.15, 0.2) is 24.3 Å². The van der Waals surface area contributed by atoms with Crippen molar-refractivity contribution in [2.75, 3.05) is 13.2 Å². The van der Waals surface area contributed by atoms with Crippen molar-refractivity contribution in [2.45, 2.75) is 64.6 Å². The van der Waals surface area contributed by atoms with Gasteiger partial charge in [0.15, 0.2) is 0 Å². The van der Waals surface area contributed by atoms with Gasteiger partial charge in [-0.1, -0.05) is 25.1 Å². The molecule has 0 amide bonds. The van der Waals surface area contributed by atoms with Crippen LogP contribution in [-0.2, 0) is 0 Å². The van der Waals surface area contributed by atoms with E-state index in [0.717, 1.165) is 25.1 Å². The smallest absolute Gasteiger partial charge is 0.124 e. The van der Waals surface area contributed by atoms with Crippen molar-refractivity contribution in [1.82, 2.24) is 4.90 Å². The van der Waals surface area contributed by atoms with E-state index in [9.17, 15) is 0 Å².